The third-order valence-corrected chi connectivity index (χ3v) is 5.58. The molecule has 1 aliphatic heterocycles. The molecule has 2 heteroatoms. The number of hydrogen-bond acceptors (Lipinski definition) is 2. The molecule has 0 bridgehead atoms. The van der Waals surface area contributed by atoms with Gasteiger partial charge in [-0.3, -0.25) is 0 Å². The van der Waals surface area contributed by atoms with E-state index in [9.17, 15) is 0 Å². The van der Waals surface area contributed by atoms with Crippen LogP contribution >= 0.6 is 0 Å². The molecule has 2 rings (SSSR count). The lowest BCUT2D eigenvalue weighted by molar-refractivity contribution is 0.0961. The van der Waals surface area contributed by atoms with Gasteiger partial charge in [0.05, 0.1) is 0 Å². The molecule has 0 aromatic heterocycles. The quantitative estimate of drug-likeness (QED) is 0.824. The van der Waals surface area contributed by atoms with Crippen LogP contribution in [0.4, 0.5) is 0 Å². The molecule has 1 aliphatic carbocycles. The van der Waals surface area contributed by atoms with E-state index >= 15 is 0 Å². The van der Waals surface area contributed by atoms with Crippen LogP contribution in [0.5, 0.6) is 0 Å². The summed E-state index contributed by atoms with van der Waals surface area (Å²) in [6.45, 7) is 14.6. The van der Waals surface area contributed by atoms with Crippen molar-refractivity contribution in [1.29, 1.82) is 0 Å². The lowest BCUT2D eigenvalue weighted by Crippen LogP contribution is -2.50. The first-order valence-corrected chi connectivity index (χ1v) is 9.36. The SMILES string of the molecule is CC1CCCN(CC2(CNC(C)(C)C)CCCCC2)CC1. The van der Waals surface area contributed by atoms with Gasteiger partial charge in [0.1, 0.15) is 0 Å². The minimum Gasteiger partial charge on any atom is -0.311 e. The Morgan fingerprint density at radius 1 is 1.00 bits per heavy atom. The second kappa shape index (κ2) is 7.46. The maximum absolute atomic E-state index is 3.82. The molecule has 0 aromatic carbocycles. The zero-order valence-electron chi connectivity index (χ0n) is 15.0. The van der Waals surface area contributed by atoms with E-state index in [0.29, 0.717) is 5.41 Å². The van der Waals surface area contributed by atoms with Gasteiger partial charge in [0.15, 0.2) is 0 Å². The van der Waals surface area contributed by atoms with Crippen molar-refractivity contribution >= 4 is 0 Å². The smallest absolute Gasteiger partial charge is 0.00967 e. The lowest BCUT2D eigenvalue weighted by Gasteiger charge is -2.43. The lowest BCUT2D eigenvalue weighted by atomic mass is 9.73. The molecule has 1 heterocycles. The highest BCUT2D eigenvalue weighted by Gasteiger charge is 2.35. The zero-order valence-corrected chi connectivity index (χ0v) is 15.0. The van der Waals surface area contributed by atoms with E-state index in [0.717, 1.165) is 5.92 Å². The molecule has 21 heavy (non-hydrogen) atoms. The van der Waals surface area contributed by atoms with Gasteiger partial charge in [-0.15, -0.1) is 0 Å². The summed E-state index contributed by atoms with van der Waals surface area (Å²) in [4.78, 5) is 2.79. The molecule has 1 unspecified atom stereocenters. The Morgan fingerprint density at radius 2 is 1.71 bits per heavy atom. The predicted octanol–water partition coefficient (Wildman–Crippen LogP) is 4.45. The van der Waals surface area contributed by atoms with Crippen LogP contribution in [0.1, 0.15) is 79.1 Å². The first-order chi connectivity index (χ1) is 9.89. The van der Waals surface area contributed by atoms with Crippen LogP contribution < -0.4 is 5.32 Å². The fourth-order valence-electron chi connectivity index (χ4n) is 4.10. The Labute approximate surface area is 133 Å². The average Bonchev–Trinajstić information content (AvgIpc) is 2.62. The summed E-state index contributed by atoms with van der Waals surface area (Å²) in [5.41, 5.74) is 0.789. The molecule has 124 valence electrons. The molecular weight excluding hydrogens is 256 g/mol. The second-order valence-corrected chi connectivity index (χ2v) is 8.98. The molecule has 0 amide bonds. The van der Waals surface area contributed by atoms with E-state index in [-0.39, 0.29) is 5.54 Å². The topological polar surface area (TPSA) is 15.3 Å². The van der Waals surface area contributed by atoms with Crippen LogP contribution in [0.15, 0.2) is 0 Å². The summed E-state index contributed by atoms with van der Waals surface area (Å²) in [5.74, 6) is 0.935. The van der Waals surface area contributed by atoms with Gasteiger partial charge in [-0.05, 0) is 77.3 Å². The normalized spacial score (nSPS) is 28.3. The van der Waals surface area contributed by atoms with E-state index < -0.39 is 0 Å². The summed E-state index contributed by atoms with van der Waals surface area (Å²) >= 11 is 0. The fraction of sp³-hybridized carbons (Fsp3) is 1.00. The Morgan fingerprint density at radius 3 is 2.38 bits per heavy atom. The standard InChI is InChI=1S/C19H38N2/c1-17-9-8-13-21(14-10-17)16-19(11-6-5-7-12-19)15-20-18(2,3)4/h17,20H,5-16H2,1-4H3. The first kappa shape index (κ1) is 17.3. The third kappa shape index (κ3) is 5.90. The van der Waals surface area contributed by atoms with Crippen LogP contribution in [-0.2, 0) is 0 Å². The minimum atomic E-state index is 0.248. The molecular formula is C19H38N2. The van der Waals surface area contributed by atoms with Crippen LogP contribution in [0.2, 0.25) is 0 Å². The van der Waals surface area contributed by atoms with Crippen LogP contribution in [0, 0.1) is 11.3 Å². The molecule has 2 fully saturated rings. The van der Waals surface area contributed by atoms with Gasteiger partial charge in [-0.1, -0.05) is 26.2 Å². The number of rotatable bonds is 4. The number of nitrogens with one attached hydrogen (secondary N) is 1. The largest absolute Gasteiger partial charge is 0.311 e. The summed E-state index contributed by atoms with van der Waals surface area (Å²) in [6, 6.07) is 0. The van der Waals surface area contributed by atoms with E-state index in [1.54, 1.807) is 0 Å². The maximum atomic E-state index is 3.82. The number of likely N-dealkylation sites (tertiary alicyclic amines) is 1. The van der Waals surface area contributed by atoms with Crippen molar-refractivity contribution in [2.45, 2.75) is 84.6 Å². The van der Waals surface area contributed by atoms with Crippen molar-refractivity contribution < 1.29 is 0 Å². The van der Waals surface area contributed by atoms with Crippen LogP contribution in [0.3, 0.4) is 0 Å². The third-order valence-electron chi connectivity index (χ3n) is 5.58. The molecule has 1 saturated heterocycles. The summed E-state index contributed by atoms with van der Waals surface area (Å²) in [6.07, 6.45) is 11.4. The molecule has 1 N–H and O–H groups in total. The van der Waals surface area contributed by atoms with Gasteiger partial charge in [0.25, 0.3) is 0 Å². The monoisotopic (exact) mass is 294 g/mol. The second-order valence-electron chi connectivity index (χ2n) is 8.98. The van der Waals surface area contributed by atoms with E-state index in [4.69, 9.17) is 0 Å². The van der Waals surface area contributed by atoms with Gasteiger partial charge >= 0.3 is 0 Å². The van der Waals surface area contributed by atoms with Crippen molar-refractivity contribution in [3.63, 3.8) is 0 Å². The van der Waals surface area contributed by atoms with Crippen molar-refractivity contribution in [3.8, 4) is 0 Å². The van der Waals surface area contributed by atoms with Crippen LogP contribution in [0.25, 0.3) is 0 Å². The highest BCUT2D eigenvalue weighted by atomic mass is 15.1. The van der Waals surface area contributed by atoms with Gasteiger partial charge < -0.3 is 10.2 Å². The number of nitrogens with zero attached hydrogens (tertiary/aromatic N) is 1. The average molecular weight is 295 g/mol. The van der Waals surface area contributed by atoms with Crippen molar-refractivity contribution in [2.24, 2.45) is 11.3 Å². The van der Waals surface area contributed by atoms with E-state index in [1.807, 2.05) is 0 Å². The Kier molecular flexibility index (Phi) is 6.14. The van der Waals surface area contributed by atoms with E-state index in [2.05, 4.69) is 37.9 Å². The number of hydrogen-bond donors (Lipinski definition) is 1. The highest BCUT2D eigenvalue weighted by Crippen LogP contribution is 2.37. The van der Waals surface area contributed by atoms with Crippen molar-refractivity contribution in [3.05, 3.63) is 0 Å². The molecule has 2 aliphatic rings. The summed E-state index contributed by atoms with van der Waals surface area (Å²) < 4.78 is 0. The van der Waals surface area contributed by atoms with Crippen molar-refractivity contribution in [1.82, 2.24) is 10.2 Å². The van der Waals surface area contributed by atoms with Crippen molar-refractivity contribution in [2.75, 3.05) is 26.2 Å². The molecule has 2 nitrogen and oxygen atoms in total. The fourth-order valence-corrected chi connectivity index (χ4v) is 4.10. The van der Waals surface area contributed by atoms with Gasteiger partial charge in [-0.2, -0.15) is 0 Å². The summed E-state index contributed by atoms with van der Waals surface area (Å²) in [5, 5.41) is 3.82. The first-order valence-electron chi connectivity index (χ1n) is 9.36. The zero-order chi connectivity index (χ0) is 15.3. The van der Waals surface area contributed by atoms with Crippen LogP contribution in [-0.4, -0.2) is 36.6 Å². The van der Waals surface area contributed by atoms with E-state index in [1.165, 1.54) is 77.5 Å². The predicted molar refractivity (Wildman–Crippen MR) is 92.7 cm³/mol. The Hall–Kier alpha value is -0.0800. The molecule has 0 spiro atoms. The molecule has 0 aromatic rings. The highest BCUT2D eigenvalue weighted by molar-refractivity contribution is 4.90. The summed E-state index contributed by atoms with van der Waals surface area (Å²) in [7, 11) is 0. The minimum absolute atomic E-state index is 0.248. The Balaban J connectivity index is 1.95. The van der Waals surface area contributed by atoms with Gasteiger partial charge in [0, 0.05) is 18.6 Å². The Bertz CT molecular complexity index is 299. The molecule has 1 saturated carbocycles. The van der Waals surface area contributed by atoms with Gasteiger partial charge in [-0.25, -0.2) is 0 Å². The van der Waals surface area contributed by atoms with Gasteiger partial charge in [0.2, 0.25) is 0 Å². The molecule has 0 radical (unpaired) electrons. The maximum Gasteiger partial charge on any atom is 0.00967 e. The molecule has 1 atom stereocenters.